The van der Waals surface area contributed by atoms with Gasteiger partial charge in [-0.15, -0.1) is 0 Å². The van der Waals surface area contributed by atoms with Crippen molar-refractivity contribution in [2.24, 2.45) is 11.3 Å². The largest absolute Gasteiger partial charge is 0.303 e. The average molecular weight is 377 g/mol. The zero-order valence-electron chi connectivity index (χ0n) is 18.5. The van der Waals surface area contributed by atoms with Gasteiger partial charge < -0.3 is 4.90 Å². The summed E-state index contributed by atoms with van der Waals surface area (Å²) in [5, 5.41) is 0. The Bertz CT molecular complexity index is 465. The molecule has 0 radical (unpaired) electrons. The lowest BCUT2D eigenvalue weighted by atomic mass is 9.91. The number of piperazine rings is 1. The molecule has 4 fully saturated rings. The van der Waals surface area contributed by atoms with Crippen LogP contribution in [0.15, 0.2) is 0 Å². The molecule has 156 valence electrons. The summed E-state index contributed by atoms with van der Waals surface area (Å²) < 4.78 is 0. The van der Waals surface area contributed by atoms with Crippen molar-refractivity contribution < 1.29 is 0 Å². The van der Waals surface area contributed by atoms with Gasteiger partial charge in [-0.3, -0.25) is 14.7 Å². The predicted molar refractivity (Wildman–Crippen MR) is 114 cm³/mol. The van der Waals surface area contributed by atoms with Gasteiger partial charge in [0.25, 0.3) is 0 Å². The normalized spacial score (nSPS) is 29.6. The van der Waals surface area contributed by atoms with E-state index >= 15 is 0 Å². The molecule has 1 aliphatic carbocycles. The molecule has 0 aromatic heterocycles. The Morgan fingerprint density at radius 3 is 1.93 bits per heavy atom. The molecule has 27 heavy (non-hydrogen) atoms. The van der Waals surface area contributed by atoms with Gasteiger partial charge in [-0.1, -0.05) is 13.8 Å². The van der Waals surface area contributed by atoms with Crippen LogP contribution in [0.3, 0.4) is 0 Å². The minimum absolute atomic E-state index is 0.709. The Labute approximate surface area is 168 Å². The number of piperidine rings is 1. The van der Waals surface area contributed by atoms with Crippen molar-refractivity contribution in [3.8, 4) is 0 Å². The van der Waals surface area contributed by atoms with E-state index in [0.717, 1.165) is 18.0 Å². The topological polar surface area (TPSA) is 13.0 Å². The standard InChI is InChI=1S/C23H44N4/c1-19(2)15-23(7-8-23)18-24-9-5-21(6-10-24)27-16-22(17-27)26-13-11-25(12-14-26)20(3)4/h19-22H,5-18H2,1-4H3. The lowest BCUT2D eigenvalue weighted by Crippen LogP contribution is -2.66. The van der Waals surface area contributed by atoms with E-state index in [1.165, 1.54) is 91.0 Å². The minimum atomic E-state index is 0.709. The third-order valence-electron chi connectivity index (χ3n) is 7.92. The highest BCUT2D eigenvalue weighted by Crippen LogP contribution is 2.51. The smallest absolute Gasteiger partial charge is 0.0351 e. The fraction of sp³-hybridized carbons (Fsp3) is 1.00. The Morgan fingerprint density at radius 1 is 0.778 bits per heavy atom. The van der Waals surface area contributed by atoms with Crippen LogP contribution in [0.5, 0.6) is 0 Å². The molecule has 0 atom stereocenters. The van der Waals surface area contributed by atoms with Crippen LogP contribution in [0.2, 0.25) is 0 Å². The molecule has 0 N–H and O–H groups in total. The van der Waals surface area contributed by atoms with Crippen LogP contribution in [-0.2, 0) is 0 Å². The summed E-state index contributed by atoms with van der Waals surface area (Å²) in [7, 11) is 0. The van der Waals surface area contributed by atoms with E-state index in [-0.39, 0.29) is 0 Å². The fourth-order valence-corrected chi connectivity index (χ4v) is 6.02. The maximum absolute atomic E-state index is 2.80. The van der Waals surface area contributed by atoms with Crippen molar-refractivity contribution in [3.63, 3.8) is 0 Å². The maximum Gasteiger partial charge on any atom is 0.0351 e. The molecule has 0 spiro atoms. The minimum Gasteiger partial charge on any atom is -0.303 e. The van der Waals surface area contributed by atoms with Crippen LogP contribution in [0.25, 0.3) is 0 Å². The molecule has 0 aromatic carbocycles. The first kappa shape index (κ1) is 20.1. The van der Waals surface area contributed by atoms with Crippen molar-refractivity contribution in [3.05, 3.63) is 0 Å². The second-order valence-corrected chi connectivity index (χ2v) is 10.9. The van der Waals surface area contributed by atoms with Gasteiger partial charge in [-0.25, -0.2) is 0 Å². The Balaban J connectivity index is 1.14. The van der Waals surface area contributed by atoms with Gasteiger partial charge >= 0.3 is 0 Å². The summed E-state index contributed by atoms with van der Waals surface area (Å²) in [5.41, 5.74) is 0.709. The number of rotatable bonds is 7. The molecule has 0 bridgehead atoms. The molecule has 0 amide bonds. The molecule has 3 heterocycles. The molecular weight excluding hydrogens is 332 g/mol. The molecule has 4 aliphatic rings. The lowest BCUT2D eigenvalue weighted by molar-refractivity contribution is -0.0344. The van der Waals surface area contributed by atoms with Crippen molar-refractivity contribution in [1.29, 1.82) is 0 Å². The number of hydrogen-bond acceptors (Lipinski definition) is 4. The highest BCUT2D eigenvalue weighted by molar-refractivity contribution is 4.98. The van der Waals surface area contributed by atoms with E-state index in [2.05, 4.69) is 47.3 Å². The number of hydrogen-bond donors (Lipinski definition) is 0. The van der Waals surface area contributed by atoms with Crippen LogP contribution >= 0.6 is 0 Å². The quantitative estimate of drug-likeness (QED) is 0.677. The summed E-state index contributed by atoms with van der Waals surface area (Å²) in [5.74, 6) is 0.866. The molecule has 4 heteroatoms. The Hall–Kier alpha value is -0.160. The fourth-order valence-electron chi connectivity index (χ4n) is 6.02. The first-order valence-electron chi connectivity index (χ1n) is 11.9. The average Bonchev–Trinajstić information content (AvgIpc) is 3.33. The highest BCUT2D eigenvalue weighted by atomic mass is 15.4. The first-order chi connectivity index (χ1) is 12.9. The second-order valence-electron chi connectivity index (χ2n) is 10.9. The van der Waals surface area contributed by atoms with Gasteiger partial charge in [0.05, 0.1) is 0 Å². The van der Waals surface area contributed by atoms with Gasteiger partial charge in [0.2, 0.25) is 0 Å². The summed E-state index contributed by atoms with van der Waals surface area (Å²) in [6, 6.07) is 2.43. The van der Waals surface area contributed by atoms with Gasteiger partial charge in [0.15, 0.2) is 0 Å². The summed E-state index contributed by atoms with van der Waals surface area (Å²) in [4.78, 5) is 11.0. The van der Waals surface area contributed by atoms with E-state index in [1.54, 1.807) is 0 Å². The van der Waals surface area contributed by atoms with Crippen LogP contribution < -0.4 is 0 Å². The van der Waals surface area contributed by atoms with Crippen molar-refractivity contribution in [1.82, 2.24) is 19.6 Å². The number of likely N-dealkylation sites (tertiary alicyclic amines) is 2. The summed E-state index contributed by atoms with van der Waals surface area (Å²) in [6.07, 6.45) is 7.24. The first-order valence-corrected chi connectivity index (χ1v) is 11.9. The lowest BCUT2D eigenvalue weighted by Gasteiger charge is -2.52. The highest BCUT2D eigenvalue weighted by Gasteiger charge is 2.45. The van der Waals surface area contributed by atoms with Crippen LogP contribution in [0, 0.1) is 11.3 Å². The van der Waals surface area contributed by atoms with E-state index in [4.69, 9.17) is 0 Å². The SMILES string of the molecule is CC(C)CC1(CN2CCC(N3CC(N4CCN(C(C)C)CC4)C3)CC2)CC1. The van der Waals surface area contributed by atoms with Crippen molar-refractivity contribution in [2.45, 2.75) is 77.9 Å². The zero-order valence-corrected chi connectivity index (χ0v) is 18.5. The van der Waals surface area contributed by atoms with Crippen LogP contribution in [0.1, 0.15) is 59.8 Å². The summed E-state index contributed by atoms with van der Waals surface area (Å²) >= 11 is 0. The van der Waals surface area contributed by atoms with E-state index in [0.29, 0.717) is 11.5 Å². The van der Waals surface area contributed by atoms with E-state index < -0.39 is 0 Å². The van der Waals surface area contributed by atoms with Gasteiger partial charge in [-0.2, -0.15) is 0 Å². The van der Waals surface area contributed by atoms with E-state index in [1.807, 2.05) is 0 Å². The molecule has 3 aliphatic heterocycles. The van der Waals surface area contributed by atoms with Crippen LogP contribution in [0.4, 0.5) is 0 Å². The molecule has 3 saturated heterocycles. The van der Waals surface area contributed by atoms with Gasteiger partial charge in [0.1, 0.15) is 0 Å². The monoisotopic (exact) mass is 376 g/mol. The number of nitrogens with zero attached hydrogens (tertiary/aromatic N) is 4. The Kier molecular flexibility index (Phi) is 6.18. The summed E-state index contributed by atoms with van der Waals surface area (Å²) in [6.45, 7) is 21.3. The van der Waals surface area contributed by atoms with Crippen molar-refractivity contribution >= 4 is 0 Å². The van der Waals surface area contributed by atoms with E-state index in [9.17, 15) is 0 Å². The van der Waals surface area contributed by atoms with Gasteiger partial charge in [-0.05, 0) is 70.4 Å². The van der Waals surface area contributed by atoms with Gasteiger partial charge in [0, 0.05) is 63.9 Å². The second kappa shape index (κ2) is 8.30. The Morgan fingerprint density at radius 2 is 1.41 bits per heavy atom. The molecule has 0 unspecified atom stereocenters. The molecule has 4 rings (SSSR count). The molecule has 0 aromatic rings. The zero-order chi connectivity index (χ0) is 19.0. The maximum atomic E-state index is 2.80. The molecule has 4 nitrogen and oxygen atoms in total. The van der Waals surface area contributed by atoms with Crippen LogP contribution in [-0.4, -0.2) is 96.6 Å². The van der Waals surface area contributed by atoms with Crippen molar-refractivity contribution in [2.75, 3.05) is 58.9 Å². The predicted octanol–water partition coefficient (Wildman–Crippen LogP) is 2.99. The third-order valence-corrected chi connectivity index (χ3v) is 7.92. The molecular formula is C23H44N4. The third kappa shape index (κ3) is 4.88. The molecule has 1 saturated carbocycles.